The van der Waals surface area contributed by atoms with Crippen LogP contribution in [0.2, 0.25) is 0 Å². The molecule has 2 fully saturated rings. The van der Waals surface area contributed by atoms with Gasteiger partial charge in [0, 0.05) is 12.0 Å². The van der Waals surface area contributed by atoms with Gasteiger partial charge in [0.2, 0.25) is 0 Å². The Kier molecular flexibility index (Phi) is 14.6. The SMILES string of the molecule is C=CC(=O)OCc1ccc(OC(=O)C2CCC(C(=O)Oc3ccc(OC(=O)C4CCC(C(=O)Oc5ccc(OCC(C)C=C)cc5)CC4)c4nc(-c5nc6ccccc6s5)sc34)CC2)cc1. The Hall–Kier alpha value is -6.71. The molecule has 2 saturated carbocycles. The van der Waals surface area contributed by atoms with Crippen LogP contribution in [0.4, 0.5) is 0 Å². The molecule has 2 aliphatic rings. The zero-order valence-electron chi connectivity index (χ0n) is 36.3. The second kappa shape index (κ2) is 21.1. The highest BCUT2D eigenvalue weighted by molar-refractivity contribution is 7.28. The molecule has 0 bridgehead atoms. The highest BCUT2D eigenvalue weighted by Gasteiger charge is 2.35. The zero-order valence-corrected chi connectivity index (χ0v) is 37.9. The minimum absolute atomic E-state index is 0.0740. The highest BCUT2D eigenvalue weighted by atomic mass is 32.1. The van der Waals surface area contributed by atoms with Gasteiger partial charge in [-0.1, -0.05) is 43.8 Å². The lowest BCUT2D eigenvalue weighted by Gasteiger charge is -2.26. The topological polar surface area (TPSA) is 167 Å². The van der Waals surface area contributed by atoms with Crippen LogP contribution in [0.25, 0.3) is 30.4 Å². The van der Waals surface area contributed by atoms with E-state index in [2.05, 4.69) is 13.2 Å². The first-order valence-corrected chi connectivity index (χ1v) is 23.6. The van der Waals surface area contributed by atoms with E-state index in [9.17, 15) is 24.0 Å². The van der Waals surface area contributed by atoms with E-state index in [1.165, 1.54) is 22.7 Å². The van der Waals surface area contributed by atoms with Gasteiger partial charge in [0.25, 0.3) is 0 Å². The van der Waals surface area contributed by atoms with Gasteiger partial charge < -0.3 is 28.4 Å². The van der Waals surface area contributed by atoms with Crippen LogP contribution in [-0.4, -0.2) is 46.4 Å². The molecule has 0 spiro atoms. The number of thiazole rings is 2. The lowest BCUT2D eigenvalue weighted by molar-refractivity contribution is -0.145. The van der Waals surface area contributed by atoms with E-state index in [4.69, 9.17) is 38.4 Å². The molecule has 2 aromatic heterocycles. The molecule has 1 atom stereocenters. The summed E-state index contributed by atoms with van der Waals surface area (Å²) in [5, 5.41) is 1.26. The molecule has 0 aliphatic heterocycles. The number of nitrogens with zero attached hydrogens (tertiary/aromatic N) is 2. The monoisotopic (exact) mass is 928 g/mol. The molecule has 4 aromatic carbocycles. The van der Waals surface area contributed by atoms with Crippen molar-refractivity contribution < 1.29 is 52.4 Å². The Morgan fingerprint density at radius 2 is 1.12 bits per heavy atom. The average molecular weight is 929 g/mol. The molecule has 1 unspecified atom stereocenters. The van der Waals surface area contributed by atoms with Gasteiger partial charge in [0.15, 0.2) is 21.5 Å². The molecule has 2 aliphatic carbocycles. The summed E-state index contributed by atoms with van der Waals surface area (Å²) in [6.07, 6.45) is 6.51. The number of carbonyl (C=O) groups is 5. The summed E-state index contributed by atoms with van der Waals surface area (Å²) in [7, 11) is 0. The molecule has 340 valence electrons. The fraction of sp³-hybridized carbons (Fsp3) is 0.314. The van der Waals surface area contributed by atoms with Crippen molar-refractivity contribution in [2.24, 2.45) is 29.6 Å². The van der Waals surface area contributed by atoms with Gasteiger partial charge >= 0.3 is 29.8 Å². The number of para-hydroxylation sites is 1. The minimum Gasteiger partial charge on any atom is -0.493 e. The van der Waals surface area contributed by atoms with E-state index in [1.807, 2.05) is 37.3 Å². The van der Waals surface area contributed by atoms with Crippen molar-refractivity contribution in [3.63, 3.8) is 0 Å². The third-order valence-corrected chi connectivity index (χ3v) is 14.1. The van der Waals surface area contributed by atoms with E-state index < -0.39 is 29.7 Å². The van der Waals surface area contributed by atoms with Gasteiger partial charge in [-0.05, 0) is 118 Å². The normalized spacial score (nSPS) is 18.7. The number of benzene rings is 4. The van der Waals surface area contributed by atoms with Crippen molar-refractivity contribution in [1.29, 1.82) is 0 Å². The van der Waals surface area contributed by atoms with Crippen LogP contribution in [0.15, 0.2) is 110 Å². The van der Waals surface area contributed by atoms with Crippen LogP contribution in [0.3, 0.4) is 0 Å². The van der Waals surface area contributed by atoms with Gasteiger partial charge in [-0.15, -0.1) is 29.3 Å². The molecule has 66 heavy (non-hydrogen) atoms. The number of hydrogen-bond donors (Lipinski definition) is 0. The summed E-state index contributed by atoms with van der Waals surface area (Å²) in [4.78, 5) is 74.6. The summed E-state index contributed by atoms with van der Waals surface area (Å²) in [6.45, 7) is 9.73. The number of esters is 5. The van der Waals surface area contributed by atoms with E-state index in [-0.39, 0.29) is 47.8 Å². The predicted octanol–water partition coefficient (Wildman–Crippen LogP) is 10.6. The lowest BCUT2D eigenvalue weighted by Crippen LogP contribution is -2.30. The molecule has 13 nitrogen and oxygen atoms in total. The molecular formula is C51H48N2O11S2. The molecule has 8 rings (SSSR count). The first-order chi connectivity index (χ1) is 32.0. The van der Waals surface area contributed by atoms with Crippen LogP contribution in [-0.2, 0) is 35.3 Å². The maximum atomic E-state index is 13.7. The number of rotatable bonds is 16. The minimum atomic E-state index is -0.526. The zero-order chi connectivity index (χ0) is 46.2. The molecule has 0 N–H and O–H groups in total. The largest absolute Gasteiger partial charge is 0.493 e. The van der Waals surface area contributed by atoms with E-state index in [1.54, 1.807) is 60.7 Å². The Morgan fingerprint density at radius 3 is 1.68 bits per heavy atom. The summed E-state index contributed by atoms with van der Waals surface area (Å²) in [6, 6.07) is 24.6. The van der Waals surface area contributed by atoms with E-state index in [0.29, 0.717) is 95.5 Å². The third-order valence-electron chi connectivity index (χ3n) is 11.8. The highest BCUT2D eigenvalue weighted by Crippen LogP contribution is 2.44. The molecule has 0 amide bonds. The summed E-state index contributed by atoms with van der Waals surface area (Å²) in [5.41, 5.74) is 1.93. The van der Waals surface area contributed by atoms with Crippen molar-refractivity contribution in [3.8, 4) is 38.8 Å². The fourth-order valence-electron chi connectivity index (χ4n) is 7.86. The van der Waals surface area contributed by atoms with Crippen molar-refractivity contribution in [2.45, 2.75) is 64.9 Å². The molecule has 0 saturated heterocycles. The van der Waals surface area contributed by atoms with Crippen LogP contribution in [0.1, 0.15) is 63.9 Å². The molecule has 6 aromatic rings. The van der Waals surface area contributed by atoms with Gasteiger partial charge in [0.05, 0.1) is 40.5 Å². The maximum Gasteiger partial charge on any atom is 0.330 e. The molecule has 2 heterocycles. The fourth-order valence-corrected chi connectivity index (χ4v) is 9.87. The molecular weight excluding hydrogens is 881 g/mol. The lowest BCUT2D eigenvalue weighted by atomic mass is 9.82. The predicted molar refractivity (Wildman–Crippen MR) is 249 cm³/mol. The van der Waals surface area contributed by atoms with Crippen molar-refractivity contribution >= 4 is 73.0 Å². The third kappa shape index (κ3) is 11.2. The average Bonchev–Trinajstić information content (AvgIpc) is 4.00. The van der Waals surface area contributed by atoms with Crippen LogP contribution < -0.4 is 23.7 Å². The van der Waals surface area contributed by atoms with Gasteiger partial charge in [-0.2, -0.15) is 0 Å². The number of aromatic nitrogens is 2. The second-order valence-electron chi connectivity index (χ2n) is 16.5. The van der Waals surface area contributed by atoms with Gasteiger partial charge in [-0.3, -0.25) is 19.2 Å². The van der Waals surface area contributed by atoms with Crippen LogP contribution in [0, 0.1) is 29.6 Å². The number of hydrogen-bond acceptors (Lipinski definition) is 15. The van der Waals surface area contributed by atoms with Crippen LogP contribution >= 0.6 is 22.7 Å². The number of carbonyl (C=O) groups excluding carboxylic acids is 5. The van der Waals surface area contributed by atoms with Gasteiger partial charge in [-0.25, -0.2) is 14.8 Å². The van der Waals surface area contributed by atoms with Gasteiger partial charge in [0.1, 0.15) is 34.1 Å². The Bertz CT molecular complexity index is 2710. The second-order valence-corrected chi connectivity index (χ2v) is 18.5. The first kappa shape index (κ1) is 45.8. The van der Waals surface area contributed by atoms with Crippen LogP contribution in [0.5, 0.6) is 28.7 Å². The van der Waals surface area contributed by atoms with Crippen molar-refractivity contribution in [3.05, 3.63) is 116 Å². The number of fused-ring (bicyclic) bond motifs is 2. The maximum absolute atomic E-state index is 13.7. The Balaban J connectivity index is 0.890. The standard InChI is InChI=1S/C51H48N2O11S2/c1-4-30(3)28-59-36-22-24-38(25-23-36)62-49(56)33-12-16-34(17-13-33)50(57)63-40-26-27-41(45-44(40)53-47(66-45)46-52-39-8-6-7-9-42(39)65-46)64-51(58)35-18-14-32(15-19-35)48(55)61-37-20-10-31(11-21-37)29-60-43(54)5-2/h4-11,20-27,30,32-35H,1-2,12-19,28-29H2,3H3. The number of ether oxygens (including phenoxy) is 6. The van der Waals surface area contributed by atoms with Crippen molar-refractivity contribution in [1.82, 2.24) is 9.97 Å². The van der Waals surface area contributed by atoms with Crippen molar-refractivity contribution in [2.75, 3.05) is 6.61 Å². The quantitative estimate of drug-likeness (QED) is 0.0390. The first-order valence-electron chi connectivity index (χ1n) is 21.9. The smallest absolute Gasteiger partial charge is 0.330 e. The molecule has 15 heteroatoms. The summed E-state index contributed by atoms with van der Waals surface area (Å²) < 4.78 is 35.7. The summed E-state index contributed by atoms with van der Waals surface area (Å²) >= 11 is 2.78. The Labute approximate surface area is 389 Å². The van der Waals surface area contributed by atoms with E-state index in [0.717, 1.165) is 21.9 Å². The van der Waals surface area contributed by atoms with E-state index >= 15 is 0 Å². The summed E-state index contributed by atoms with van der Waals surface area (Å²) in [5.74, 6) is -1.52. The Morgan fingerprint density at radius 1 is 0.621 bits per heavy atom. The molecule has 0 radical (unpaired) electrons.